The largest absolute Gasteiger partial charge is 0.481 e. The molecule has 3 unspecified atom stereocenters. The highest BCUT2D eigenvalue weighted by Crippen LogP contribution is 2.60. The maximum absolute atomic E-state index is 13.9. The Kier molecular flexibility index (Phi) is 29.5. The smallest absolute Gasteiger partial charge is 0.462 e. The fraction of sp³-hybridized carbons (Fsp3) is 0.776. The molecule has 1 aromatic heterocycles. The highest BCUT2D eigenvalue weighted by Gasteiger charge is 2.45. The average Bonchev–Trinajstić information content (AvgIpc) is 3.31. The van der Waals surface area contributed by atoms with Crippen LogP contribution in [0, 0.1) is 17.8 Å². The number of hydrogen-bond acceptors (Lipinski definition) is 18. The van der Waals surface area contributed by atoms with E-state index in [1.165, 1.54) is 63.2 Å². The number of phosphoric acid groups is 2. The third-order valence-electron chi connectivity index (χ3n) is 12.9. The van der Waals surface area contributed by atoms with E-state index in [4.69, 9.17) is 29.0 Å². The SMILES string of the molecule is CCCCC[C@H](O)C=C[C@H]1C(=O)C[C@H](O)[C@@H]2CC=CCCCC(=O)O[C@H](COC(=O)CCCCCCCCCCCCC(C)CC)COP(=O)(O)OP(=O)(O)OC[C@@H](O[C@H]2n2ccc(N)nc2=O)[C@@H](O)[C@H]1O. The van der Waals surface area contributed by atoms with Crippen LogP contribution in [0.2, 0.25) is 0 Å². The number of unbranched alkanes of at least 4 members (excludes halogenated alkanes) is 11. The number of aliphatic hydroxyl groups is 4. The van der Waals surface area contributed by atoms with Gasteiger partial charge in [-0.3, -0.25) is 28.0 Å². The molecule has 0 spiro atoms. The number of carbonyl (C=O) groups is 3. The van der Waals surface area contributed by atoms with Crippen molar-refractivity contribution in [2.45, 2.75) is 205 Å². The van der Waals surface area contributed by atoms with Crippen molar-refractivity contribution in [3.8, 4) is 0 Å². The number of anilines is 1. The van der Waals surface area contributed by atoms with E-state index in [0.717, 1.165) is 55.2 Å². The minimum atomic E-state index is -5.72. The molecule has 3 rings (SSSR count). The second-order valence-corrected chi connectivity index (χ2v) is 22.1. The molecule has 0 radical (unpaired) electrons. The molecule has 3 heterocycles. The zero-order valence-corrected chi connectivity index (χ0v) is 44.2. The number of nitrogen functional groups attached to an aromatic ring is 1. The van der Waals surface area contributed by atoms with E-state index >= 15 is 0 Å². The van der Waals surface area contributed by atoms with Gasteiger partial charge in [-0.1, -0.05) is 135 Å². The van der Waals surface area contributed by atoms with E-state index in [-0.39, 0.29) is 37.9 Å². The maximum atomic E-state index is 13.9. The van der Waals surface area contributed by atoms with Gasteiger partial charge in [0.2, 0.25) is 0 Å². The van der Waals surface area contributed by atoms with Gasteiger partial charge < -0.3 is 50.2 Å². The zero-order chi connectivity index (χ0) is 53.1. The van der Waals surface area contributed by atoms with Crippen molar-refractivity contribution in [3.63, 3.8) is 0 Å². The van der Waals surface area contributed by atoms with E-state index in [9.17, 15) is 58.5 Å². The molecule has 21 nitrogen and oxygen atoms in total. The summed E-state index contributed by atoms with van der Waals surface area (Å²) < 4.78 is 58.8. The van der Waals surface area contributed by atoms with Crippen LogP contribution in [0.25, 0.3) is 0 Å². The Hall–Kier alpha value is -3.17. The summed E-state index contributed by atoms with van der Waals surface area (Å²) in [6.45, 7) is 3.76. The van der Waals surface area contributed by atoms with E-state index < -0.39 is 120 Å². The third kappa shape index (κ3) is 24.5. The molecule has 2 bridgehead atoms. The number of phosphoric ester groups is 2. The topological polar surface area (TPSA) is 323 Å². The molecule has 1 aromatic rings. The Bertz CT molecular complexity index is 1990. The number of ether oxygens (including phenoxy) is 3. The number of rotatable bonds is 23. The molecule has 72 heavy (non-hydrogen) atoms. The van der Waals surface area contributed by atoms with Gasteiger partial charge in [0.05, 0.1) is 37.4 Å². The molecule has 0 aromatic carbocycles. The van der Waals surface area contributed by atoms with Crippen molar-refractivity contribution < 1.29 is 81.3 Å². The lowest BCUT2D eigenvalue weighted by molar-refractivity contribution is -0.186. The number of nitrogens with two attached hydrogens (primary N) is 1. The predicted molar refractivity (Wildman–Crippen MR) is 267 cm³/mol. The number of allylic oxidation sites excluding steroid dienone is 2. The van der Waals surface area contributed by atoms with Gasteiger partial charge in [-0.05, 0) is 44.1 Å². The minimum Gasteiger partial charge on any atom is -0.462 e. The number of fused-ring (bicyclic) bond motifs is 3. The average molecular weight is 1060 g/mol. The van der Waals surface area contributed by atoms with Gasteiger partial charge in [0.15, 0.2) is 6.10 Å². The quantitative estimate of drug-likeness (QED) is 0.0250. The highest BCUT2D eigenvalue weighted by molar-refractivity contribution is 7.61. The van der Waals surface area contributed by atoms with Crippen LogP contribution in [0.4, 0.5) is 5.82 Å². The van der Waals surface area contributed by atoms with Gasteiger partial charge in [-0.15, -0.1) is 0 Å². The fourth-order valence-corrected chi connectivity index (χ4v) is 10.5. The molecular formula is C49H83N3O18P2. The first-order valence-electron chi connectivity index (χ1n) is 25.8. The van der Waals surface area contributed by atoms with Crippen molar-refractivity contribution in [1.82, 2.24) is 9.55 Å². The van der Waals surface area contributed by atoms with E-state index in [1.807, 2.05) is 6.92 Å². The lowest BCUT2D eigenvalue weighted by atomic mass is 9.83. The minimum absolute atomic E-state index is 0.0786. The van der Waals surface area contributed by atoms with Crippen LogP contribution >= 0.6 is 15.6 Å². The number of aliphatic hydroxyl groups excluding tert-OH is 4. The number of carbonyl (C=O) groups excluding carboxylic acids is 3. The van der Waals surface area contributed by atoms with Crippen LogP contribution in [-0.4, -0.2) is 114 Å². The Balaban J connectivity index is 1.80. The van der Waals surface area contributed by atoms with Gasteiger partial charge in [-0.25, -0.2) is 13.9 Å². The number of Topliss-reactive ketones (excluding diaryl/α,β-unsaturated/α-hetero) is 1. The lowest BCUT2D eigenvalue weighted by Gasteiger charge is -2.39. The molecule has 23 heteroatoms. The summed E-state index contributed by atoms with van der Waals surface area (Å²) in [6.07, 6.45) is 10.3. The first-order chi connectivity index (χ1) is 34.3. The number of hydrogen-bond donors (Lipinski definition) is 7. The Labute approximate surface area is 424 Å². The van der Waals surface area contributed by atoms with E-state index in [1.54, 1.807) is 12.2 Å². The van der Waals surface area contributed by atoms with Crippen LogP contribution in [0.5, 0.6) is 0 Å². The van der Waals surface area contributed by atoms with Gasteiger partial charge >= 0.3 is 33.3 Å². The number of ketones is 1. The molecule has 1 fully saturated rings. The zero-order valence-electron chi connectivity index (χ0n) is 42.4. The first kappa shape index (κ1) is 63.1. The number of nitrogens with zero attached hydrogens (tertiary/aromatic N) is 2. The van der Waals surface area contributed by atoms with Crippen LogP contribution in [0.15, 0.2) is 41.4 Å². The van der Waals surface area contributed by atoms with E-state index in [0.29, 0.717) is 19.3 Å². The summed E-state index contributed by atoms with van der Waals surface area (Å²) in [4.78, 5) is 78.0. The lowest BCUT2D eigenvalue weighted by Crippen LogP contribution is -2.51. The molecule has 2 aliphatic heterocycles. The Morgan fingerprint density at radius 1 is 0.903 bits per heavy atom. The molecule has 12 atom stereocenters. The summed E-state index contributed by atoms with van der Waals surface area (Å²) >= 11 is 0. The highest BCUT2D eigenvalue weighted by atomic mass is 31.3. The standard InChI is InChI=1S/C49H83N3O18P2/c1-4-6-17-23-36(53)27-28-38-40(54)31-41(55)39-24-19-15-16-21-26-45(57)68-37(32-65-44(56)25-20-14-12-10-8-7-9-11-13-18-22-35(3)5-2)33-66-71(61,62)70-72(63,64)67-34-42(47(59)46(38)58)69-48(39)52-30-29-43(50)51-49(52)60/h15,19,27-30,35-39,41-42,46-48,53,55,58-59H,4-14,16-18,20-26,31-34H2,1-3H3,(H,61,62)(H,63,64)(H2,50,51,60)/t35?,36-,37+,38-,39-,41-,42+,46-,47+,48+/m0/s1. The number of cyclic esters (lactones) is 1. The van der Waals surface area contributed by atoms with Crippen LogP contribution in [-0.2, 0) is 51.1 Å². The second kappa shape index (κ2) is 33.7. The predicted octanol–water partition coefficient (Wildman–Crippen LogP) is 7.06. The molecular weight excluding hydrogens is 980 g/mol. The summed E-state index contributed by atoms with van der Waals surface area (Å²) in [5.74, 6) is -4.41. The Morgan fingerprint density at radius 3 is 2.19 bits per heavy atom. The van der Waals surface area contributed by atoms with Gasteiger partial charge in [0.1, 0.15) is 36.6 Å². The Morgan fingerprint density at radius 2 is 1.54 bits per heavy atom. The van der Waals surface area contributed by atoms with Crippen molar-refractivity contribution in [2.24, 2.45) is 17.8 Å². The maximum Gasteiger partial charge on any atom is 0.481 e. The molecule has 1 saturated heterocycles. The van der Waals surface area contributed by atoms with Gasteiger partial charge in [-0.2, -0.15) is 9.29 Å². The van der Waals surface area contributed by atoms with Crippen LogP contribution in [0.1, 0.15) is 168 Å². The second-order valence-electron chi connectivity index (χ2n) is 19.1. The van der Waals surface area contributed by atoms with E-state index in [2.05, 4.69) is 23.1 Å². The van der Waals surface area contributed by atoms with Crippen molar-refractivity contribution in [2.75, 3.05) is 25.6 Å². The third-order valence-corrected chi connectivity index (χ3v) is 15.5. The summed E-state index contributed by atoms with van der Waals surface area (Å²) in [5, 5.41) is 45.6. The molecule has 0 aliphatic carbocycles. The molecule has 0 amide bonds. The molecule has 2 aliphatic rings. The van der Waals surface area contributed by atoms with Crippen LogP contribution in [0.3, 0.4) is 0 Å². The summed E-state index contributed by atoms with van der Waals surface area (Å²) in [7, 11) is -11.3. The normalized spacial score (nSPS) is 29.6. The fourth-order valence-electron chi connectivity index (χ4n) is 8.40. The number of esters is 2. The van der Waals surface area contributed by atoms with Crippen molar-refractivity contribution in [1.29, 1.82) is 0 Å². The summed E-state index contributed by atoms with van der Waals surface area (Å²) in [5.41, 5.74) is 4.74. The molecule has 8 N–H and O–H groups in total. The monoisotopic (exact) mass is 1060 g/mol. The van der Waals surface area contributed by atoms with Gasteiger partial charge in [0.25, 0.3) is 0 Å². The van der Waals surface area contributed by atoms with Gasteiger partial charge in [0, 0.05) is 31.4 Å². The summed E-state index contributed by atoms with van der Waals surface area (Å²) in [6, 6.07) is 1.23. The first-order valence-corrected chi connectivity index (χ1v) is 28.8. The van der Waals surface area contributed by atoms with Crippen LogP contribution < -0.4 is 11.4 Å². The van der Waals surface area contributed by atoms with Crippen molar-refractivity contribution >= 4 is 39.2 Å². The van der Waals surface area contributed by atoms with Crippen molar-refractivity contribution in [3.05, 3.63) is 47.1 Å². The molecule has 0 saturated carbocycles. The number of aromatic nitrogens is 2. The molecule has 412 valence electrons.